The van der Waals surface area contributed by atoms with Crippen molar-refractivity contribution in [1.82, 2.24) is 9.55 Å². The molecule has 0 aliphatic heterocycles. The lowest BCUT2D eigenvalue weighted by Gasteiger charge is -2.07. The average Bonchev–Trinajstić information content (AvgIpc) is 2.85. The van der Waals surface area contributed by atoms with Gasteiger partial charge in [-0.25, -0.2) is 0 Å². The monoisotopic (exact) mass is 293 g/mol. The molecule has 112 valence electrons. The van der Waals surface area contributed by atoms with E-state index in [2.05, 4.69) is 34.9 Å². The number of pyridine rings is 1. The van der Waals surface area contributed by atoms with Gasteiger partial charge in [0.15, 0.2) is 0 Å². The topological polar surface area (TPSA) is 46.9 Å². The number of hydrogen-bond donors (Lipinski definition) is 1. The van der Waals surface area contributed by atoms with Crippen LogP contribution in [0.5, 0.6) is 0 Å². The third kappa shape index (κ3) is 2.60. The number of aryl methyl sites for hydroxylation is 1. The van der Waals surface area contributed by atoms with Crippen LogP contribution in [0, 0.1) is 0 Å². The zero-order valence-electron chi connectivity index (χ0n) is 13.0. The summed E-state index contributed by atoms with van der Waals surface area (Å²) in [5.41, 5.74) is 3.75. The third-order valence-electron chi connectivity index (χ3n) is 3.82. The van der Waals surface area contributed by atoms with Gasteiger partial charge in [0.1, 0.15) is 0 Å². The van der Waals surface area contributed by atoms with Crippen molar-refractivity contribution in [3.8, 4) is 0 Å². The average molecular weight is 293 g/mol. The Morgan fingerprint density at radius 1 is 1.27 bits per heavy atom. The van der Waals surface area contributed by atoms with Crippen LogP contribution in [0.15, 0.2) is 48.9 Å². The second-order valence-corrected chi connectivity index (χ2v) is 5.78. The summed E-state index contributed by atoms with van der Waals surface area (Å²) in [7, 11) is 2.03. The molecule has 0 aliphatic carbocycles. The maximum absolute atomic E-state index is 12.4. The summed E-state index contributed by atoms with van der Waals surface area (Å²) < 4.78 is 2.10. The first-order valence-electron chi connectivity index (χ1n) is 7.36. The van der Waals surface area contributed by atoms with Gasteiger partial charge >= 0.3 is 0 Å². The number of carbonyl (C=O) groups is 1. The Morgan fingerprint density at radius 3 is 2.77 bits per heavy atom. The van der Waals surface area contributed by atoms with Gasteiger partial charge in [-0.2, -0.15) is 0 Å². The number of aromatic nitrogens is 2. The summed E-state index contributed by atoms with van der Waals surface area (Å²) in [4.78, 5) is 16.4. The van der Waals surface area contributed by atoms with Crippen LogP contribution in [-0.2, 0) is 7.05 Å². The highest BCUT2D eigenvalue weighted by Gasteiger charge is 2.13. The second kappa shape index (κ2) is 5.64. The lowest BCUT2D eigenvalue weighted by atomic mass is 10.0. The van der Waals surface area contributed by atoms with Gasteiger partial charge in [-0.05, 0) is 41.8 Å². The molecule has 4 nitrogen and oxygen atoms in total. The zero-order valence-corrected chi connectivity index (χ0v) is 13.0. The highest BCUT2D eigenvalue weighted by molar-refractivity contribution is 6.06. The fourth-order valence-corrected chi connectivity index (χ4v) is 2.66. The number of anilines is 1. The summed E-state index contributed by atoms with van der Waals surface area (Å²) in [5.74, 6) is 0.300. The lowest BCUT2D eigenvalue weighted by Crippen LogP contribution is -2.11. The van der Waals surface area contributed by atoms with E-state index in [1.807, 2.05) is 31.3 Å². The Labute approximate surface area is 129 Å². The lowest BCUT2D eigenvalue weighted by molar-refractivity contribution is 0.102. The van der Waals surface area contributed by atoms with Gasteiger partial charge in [0.25, 0.3) is 5.91 Å². The van der Waals surface area contributed by atoms with Crippen molar-refractivity contribution in [2.45, 2.75) is 19.8 Å². The van der Waals surface area contributed by atoms with Crippen LogP contribution in [0.25, 0.3) is 10.9 Å². The summed E-state index contributed by atoms with van der Waals surface area (Å²) in [6.07, 6.45) is 5.46. The predicted octanol–water partition coefficient (Wildman–Crippen LogP) is 3.95. The van der Waals surface area contributed by atoms with Crippen LogP contribution in [0.3, 0.4) is 0 Å². The van der Waals surface area contributed by atoms with E-state index in [4.69, 9.17) is 0 Å². The molecule has 2 aromatic heterocycles. The second-order valence-electron chi connectivity index (χ2n) is 5.78. The number of nitrogens with zero attached hydrogens (tertiary/aromatic N) is 2. The molecule has 0 fully saturated rings. The normalized spacial score (nSPS) is 11.1. The number of benzene rings is 1. The standard InChI is InChI=1S/C18H19N3O/c1-12(2)16-11-21(3)17-7-6-13(9-15(16)17)18(22)20-14-5-4-8-19-10-14/h4-12H,1-3H3,(H,20,22). The van der Waals surface area contributed by atoms with Crippen LogP contribution in [0.2, 0.25) is 0 Å². The maximum Gasteiger partial charge on any atom is 0.255 e. The first-order chi connectivity index (χ1) is 10.6. The number of carbonyl (C=O) groups excluding carboxylic acids is 1. The Kier molecular flexibility index (Phi) is 3.67. The van der Waals surface area contributed by atoms with Crippen LogP contribution in [0.4, 0.5) is 5.69 Å². The molecule has 0 aliphatic rings. The summed E-state index contributed by atoms with van der Waals surface area (Å²) in [5, 5.41) is 4.01. The molecule has 2 heterocycles. The highest BCUT2D eigenvalue weighted by Crippen LogP contribution is 2.28. The molecule has 1 N–H and O–H groups in total. The molecule has 3 rings (SSSR count). The number of rotatable bonds is 3. The number of nitrogens with one attached hydrogen (secondary N) is 1. The molecule has 22 heavy (non-hydrogen) atoms. The van der Waals surface area contributed by atoms with Gasteiger partial charge in [0.05, 0.1) is 11.9 Å². The molecule has 1 amide bonds. The molecule has 0 saturated heterocycles. The van der Waals surface area contributed by atoms with Crippen LogP contribution >= 0.6 is 0 Å². The molecule has 0 saturated carbocycles. The molecule has 0 radical (unpaired) electrons. The van der Waals surface area contributed by atoms with Crippen molar-refractivity contribution in [1.29, 1.82) is 0 Å². The number of amides is 1. The fraction of sp³-hybridized carbons (Fsp3) is 0.222. The van der Waals surface area contributed by atoms with E-state index in [0.717, 1.165) is 10.9 Å². The van der Waals surface area contributed by atoms with Crippen molar-refractivity contribution in [3.63, 3.8) is 0 Å². The van der Waals surface area contributed by atoms with Crippen molar-refractivity contribution < 1.29 is 4.79 Å². The van der Waals surface area contributed by atoms with Crippen molar-refractivity contribution in [2.24, 2.45) is 7.05 Å². The largest absolute Gasteiger partial charge is 0.350 e. The SMILES string of the molecule is CC(C)c1cn(C)c2ccc(C(=O)Nc3cccnc3)cc12. The van der Waals surface area contributed by atoms with E-state index in [-0.39, 0.29) is 5.91 Å². The van der Waals surface area contributed by atoms with E-state index in [0.29, 0.717) is 17.2 Å². The van der Waals surface area contributed by atoms with Crippen molar-refractivity contribution in [2.75, 3.05) is 5.32 Å². The third-order valence-corrected chi connectivity index (χ3v) is 3.82. The summed E-state index contributed by atoms with van der Waals surface area (Å²) in [6, 6.07) is 9.45. The molecule has 0 spiro atoms. The smallest absolute Gasteiger partial charge is 0.255 e. The van der Waals surface area contributed by atoms with Gasteiger partial charge in [0, 0.05) is 35.9 Å². The van der Waals surface area contributed by atoms with Crippen LogP contribution in [-0.4, -0.2) is 15.5 Å². The Bertz CT molecular complexity index is 819. The van der Waals surface area contributed by atoms with Gasteiger partial charge in [-0.1, -0.05) is 13.8 Å². The highest BCUT2D eigenvalue weighted by atomic mass is 16.1. The number of fused-ring (bicyclic) bond motifs is 1. The van der Waals surface area contributed by atoms with E-state index >= 15 is 0 Å². The first-order valence-corrected chi connectivity index (χ1v) is 7.36. The summed E-state index contributed by atoms with van der Waals surface area (Å²) >= 11 is 0. The van der Waals surface area contributed by atoms with Crippen molar-refractivity contribution in [3.05, 3.63) is 60.0 Å². The number of hydrogen-bond acceptors (Lipinski definition) is 2. The van der Waals surface area contributed by atoms with E-state index in [1.54, 1.807) is 18.5 Å². The van der Waals surface area contributed by atoms with E-state index in [9.17, 15) is 4.79 Å². The molecule has 0 unspecified atom stereocenters. The molecule has 1 aromatic carbocycles. The molecule has 3 aromatic rings. The zero-order chi connectivity index (χ0) is 15.7. The molecule has 0 bridgehead atoms. The molecule has 0 atom stereocenters. The Hall–Kier alpha value is -2.62. The fourth-order valence-electron chi connectivity index (χ4n) is 2.66. The van der Waals surface area contributed by atoms with Crippen molar-refractivity contribution >= 4 is 22.5 Å². The van der Waals surface area contributed by atoms with Gasteiger partial charge < -0.3 is 9.88 Å². The van der Waals surface area contributed by atoms with Gasteiger partial charge in [0.2, 0.25) is 0 Å². The predicted molar refractivity (Wildman–Crippen MR) is 89.2 cm³/mol. The Morgan fingerprint density at radius 2 is 2.09 bits per heavy atom. The van der Waals surface area contributed by atoms with Crippen LogP contribution in [0.1, 0.15) is 35.7 Å². The Balaban J connectivity index is 1.97. The minimum absolute atomic E-state index is 0.117. The summed E-state index contributed by atoms with van der Waals surface area (Å²) in [6.45, 7) is 4.33. The maximum atomic E-state index is 12.4. The minimum Gasteiger partial charge on any atom is -0.350 e. The molecule has 4 heteroatoms. The van der Waals surface area contributed by atoms with Gasteiger partial charge in [-0.3, -0.25) is 9.78 Å². The quantitative estimate of drug-likeness (QED) is 0.795. The minimum atomic E-state index is -0.117. The molecular weight excluding hydrogens is 274 g/mol. The van der Waals surface area contributed by atoms with E-state index in [1.165, 1.54) is 5.56 Å². The van der Waals surface area contributed by atoms with E-state index < -0.39 is 0 Å². The van der Waals surface area contributed by atoms with Crippen LogP contribution < -0.4 is 5.32 Å². The first kappa shape index (κ1) is 14.3. The van der Waals surface area contributed by atoms with Gasteiger partial charge in [-0.15, -0.1) is 0 Å². The molecular formula is C18H19N3O.